The van der Waals surface area contributed by atoms with Crippen LogP contribution >= 0.6 is 0 Å². The van der Waals surface area contributed by atoms with E-state index in [1.807, 2.05) is 0 Å². The van der Waals surface area contributed by atoms with Crippen LogP contribution < -0.4 is 0 Å². The summed E-state index contributed by atoms with van der Waals surface area (Å²) < 4.78 is 5.24. The molecule has 0 aromatic rings. The zero-order valence-corrected chi connectivity index (χ0v) is 9.99. The number of hydrogen-bond donors (Lipinski definition) is 0. The molecule has 4 heteroatoms. The van der Waals surface area contributed by atoms with Gasteiger partial charge in [0.2, 0.25) is 0 Å². The number of rotatable bonds is 8. The molecule has 0 saturated heterocycles. The van der Waals surface area contributed by atoms with Crippen LogP contribution in [0.3, 0.4) is 0 Å². The van der Waals surface area contributed by atoms with Gasteiger partial charge in [-0.05, 0) is 13.3 Å². The van der Waals surface area contributed by atoms with Gasteiger partial charge in [-0.3, -0.25) is 4.79 Å². The van der Waals surface area contributed by atoms with Crippen molar-refractivity contribution in [3.8, 4) is 6.07 Å². The van der Waals surface area contributed by atoms with E-state index < -0.39 is 5.60 Å². The molecule has 0 aliphatic carbocycles. The molecule has 90 valence electrons. The lowest BCUT2D eigenvalue weighted by Crippen LogP contribution is -2.37. The first-order valence-electron chi connectivity index (χ1n) is 5.48. The molecule has 0 bridgehead atoms. The fourth-order valence-electron chi connectivity index (χ4n) is 1.26. The molecule has 1 unspecified atom stereocenters. The van der Waals surface area contributed by atoms with Crippen molar-refractivity contribution in [2.24, 2.45) is 0 Å². The van der Waals surface area contributed by atoms with E-state index in [9.17, 15) is 10.0 Å². The van der Waals surface area contributed by atoms with E-state index in [2.05, 4.69) is 24.6 Å². The van der Waals surface area contributed by atoms with Crippen LogP contribution in [-0.4, -0.2) is 18.0 Å². The van der Waals surface area contributed by atoms with Gasteiger partial charge in [0.15, 0.2) is 5.78 Å². The maximum Gasteiger partial charge on any atom is 0.341 e. The van der Waals surface area contributed by atoms with E-state index >= 15 is 0 Å². The van der Waals surface area contributed by atoms with Gasteiger partial charge in [0.1, 0.15) is 0 Å². The van der Waals surface area contributed by atoms with Gasteiger partial charge < -0.3 is 9.94 Å². The molecular formula is C12H19NO3. The first-order chi connectivity index (χ1) is 7.60. The maximum atomic E-state index is 11.8. The van der Waals surface area contributed by atoms with Crippen molar-refractivity contribution in [1.29, 1.82) is 0 Å². The molecule has 0 rings (SSSR count). The van der Waals surface area contributed by atoms with Crippen molar-refractivity contribution >= 4 is 5.78 Å². The largest absolute Gasteiger partial charge is 0.498 e. The van der Waals surface area contributed by atoms with E-state index in [1.54, 1.807) is 0 Å². The van der Waals surface area contributed by atoms with Crippen LogP contribution in [0.1, 0.15) is 39.5 Å². The first kappa shape index (κ1) is 14.7. The number of carbonyl (C=O) groups is 1. The molecule has 0 N–H and O–H groups in total. The average molecular weight is 225 g/mol. The SMILES string of the molecule is C=CCOC(C)(C#[N+][O-])C(=O)CCCCC. The number of Topliss-reactive ketones (excluding diaryl/α,β-unsaturated/α-hetero) is 1. The second-order valence-electron chi connectivity index (χ2n) is 3.72. The Labute approximate surface area is 96.7 Å². The van der Waals surface area contributed by atoms with Crippen LogP contribution in [0.4, 0.5) is 0 Å². The van der Waals surface area contributed by atoms with Gasteiger partial charge >= 0.3 is 6.07 Å². The summed E-state index contributed by atoms with van der Waals surface area (Å²) in [7, 11) is 0. The summed E-state index contributed by atoms with van der Waals surface area (Å²) in [6.07, 6.45) is 4.71. The van der Waals surface area contributed by atoms with Crippen molar-refractivity contribution in [3.63, 3.8) is 0 Å². The smallest absolute Gasteiger partial charge is 0.341 e. The summed E-state index contributed by atoms with van der Waals surface area (Å²) in [4.78, 5) is 11.8. The molecule has 1 atom stereocenters. The van der Waals surface area contributed by atoms with Crippen LogP contribution in [0, 0.1) is 11.3 Å². The van der Waals surface area contributed by atoms with Gasteiger partial charge in [-0.1, -0.05) is 25.8 Å². The number of nitrogens with zero attached hydrogens (tertiary/aromatic N) is 1. The Kier molecular flexibility index (Phi) is 7.23. The molecule has 0 fully saturated rings. The summed E-state index contributed by atoms with van der Waals surface area (Å²) >= 11 is 0. The minimum absolute atomic E-state index is 0.164. The Bertz CT molecular complexity index is 290. The quantitative estimate of drug-likeness (QED) is 0.362. The Morgan fingerprint density at radius 2 is 2.31 bits per heavy atom. The third-order valence-electron chi connectivity index (χ3n) is 2.29. The molecule has 0 aromatic heterocycles. The van der Waals surface area contributed by atoms with Crippen LogP contribution in [0.25, 0.3) is 5.01 Å². The standard InChI is InChI=1S/C12H19NO3/c1-4-6-7-8-11(14)12(3,10-13-15)16-9-5-2/h5H,2,4,6-9H2,1,3H3. The monoisotopic (exact) mass is 225 g/mol. The predicted molar refractivity (Wildman–Crippen MR) is 64.3 cm³/mol. The third-order valence-corrected chi connectivity index (χ3v) is 2.29. The summed E-state index contributed by atoms with van der Waals surface area (Å²) in [5.74, 6) is -0.164. The van der Waals surface area contributed by atoms with Crippen LogP contribution in [0.5, 0.6) is 0 Å². The maximum absolute atomic E-state index is 11.8. The van der Waals surface area contributed by atoms with Crippen molar-refractivity contribution < 1.29 is 9.53 Å². The Morgan fingerprint density at radius 3 is 2.81 bits per heavy atom. The first-order valence-corrected chi connectivity index (χ1v) is 5.48. The molecule has 0 aromatic carbocycles. The topological polar surface area (TPSA) is 53.7 Å². The molecule has 16 heavy (non-hydrogen) atoms. The average Bonchev–Trinajstić information content (AvgIpc) is 2.27. The molecule has 0 spiro atoms. The minimum Gasteiger partial charge on any atom is -0.498 e. The molecule has 0 saturated carbocycles. The third kappa shape index (κ3) is 4.94. The minimum atomic E-state index is -1.33. The summed E-state index contributed by atoms with van der Waals surface area (Å²) in [6.45, 7) is 7.24. The van der Waals surface area contributed by atoms with Crippen molar-refractivity contribution in [1.82, 2.24) is 0 Å². The molecular weight excluding hydrogens is 206 g/mol. The van der Waals surface area contributed by atoms with E-state index in [1.165, 1.54) is 13.0 Å². The van der Waals surface area contributed by atoms with Crippen LogP contribution in [0.15, 0.2) is 12.7 Å². The van der Waals surface area contributed by atoms with Crippen LogP contribution in [-0.2, 0) is 9.53 Å². The number of ketones is 1. The second kappa shape index (κ2) is 7.89. The Morgan fingerprint density at radius 1 is 1.62 bits per heavy atom. The molecule has 0 amide bonds. The van der Waals surface area contributed by atoms with Crippen molar-refractivity contribution in [3.05, 3.63) is 22.9 Å². The lowest BCUT2D eigenvalue weighted by atomic mass is 9.97. The fourth-order valence-corrected chi connectivity index (χ4v) is 1.26. The van der Waals surface area contributed by atoms with Gasteiger partial charge in [0, 0.05) is 11.4 Å². The fraction of sp³-hybridized carbons (Fsp3) is 0.667. The highest BCUT2D eigenvalue weighted by Crippen LogP contribution is 2.16. The normalized spacial score (nSPS) is 13.4. The molecule has 4 nitrogen and oxygen atoms in total. The second-order valence-corrected chi connectivity index (χ2v) is 3.72. The van der Waals surface area contributed by atoms with Crippen molar-refractivity contribution in [2.45, 2.75) is 45.1 Å². The summed E-state index contributed by atoms with van der Waals surface area (Å²) in [6, 6.07) is 2.17. The highest BCUT2D eigenvalue weighted by atomic mass is 16.5. The lowest BCUT2D eigenvalue weighted by molar-refractivity contribution is -0.134. The van der Waals surface area contributed by atoms with Crippen molar-refractivity contribution in [2.75, 3.05) is 6.61 Å². The van der Waals surface area contributed by atoms with Gasteiger partial charge in [0.05, 0.1) is 6.61 Å². The Hall–Kier alpha value is -1.34. The molecule has 0 aliphatic rings. The van der Waals surface area contributed by atoms with Gasteiger partial charge in [-0.15, -0.1) is 6.58 Å². The zero-order chi connectivity index (χ0) is 12.4. The summed E-state index contributed by atoms with van der Waals surface area (Å²) in [5, 5.41) is 12.7. The number of hydrogen-bond acceptors (Lipinski definition) is 3. The van der Waals surface area contributed by atoms with Gasteiger partial charge in [-0.2, -0.15) is 0 Å². The number of unbranched alkanes of at least 4 members (excludes halogenated alkanes) is 2. The van der Waals surface area contributed by atoms with Gasteiger partial charge in [-0.25, -0.2) is 0 Å². The predicted octanol–water partition coefficient (Wildman–Crippen LogP) is 2.93. The lowest BCUT2D eigenvalue weighted by Gasteiger charge is -2.16. The highest BCUT2D eigenvalue weighted by molar-refractivity contribution is 5.90. The van der Waals surface area contributed by atoms with E-state index in [0.29, 0.717) is 6.42 Å². The highest BCUT2D eigenvalue weighted by Gasteiger charge is 2.37. The molecule has 0 radical (unpaired) electrons. The Balaban J connectivity index is 4.42. The van der Waals surface area contributed by atoms with Gasteiger partial charge in [0.25, 0.3) is 5.60 Å². The number of ether oxygens (including phenoxy) is 1. The number of carbonyl (C=O) groups excluding carboxylic acids is 1. The summed E-state index contributed by atoms with van der Waals surface area (Å²) in [5.41, 5.74) is -1.33. The molecule has 0 aliphatic heterocycles. The zero-order valence-electron chi connectivity index (χ0n) is 9.99. The molecule has 0 heterocycles. The van der Waals surface area contributed by atoms with E-state index in [-0.39, 0.29) is 12.4 Å². The van der Waals surface area contributed by atoms with E-state index in [0.717, 1.165) is 19.3 Å². The van der Waals surface area contributed by atoms with Crippen LogP contribution in [0.2, 0.25) is 0 Å². The van der Waals surface area contributed by atoms with E-state index in [4.69, 9.17) is 4.74 Å².